The molecule has 6 heteroatoms. The highest BCUT2D eigenvalue weighted by molar-refractivity contribution is 5.05. The van der Waals surface area contributed by atoms with Gasteiger partial charge in [0.05, 0.1) is 13.2 Å². The lowest BCUT2D eigenvalue weighted by molar-refractivity contribution is -0.298. The summed E-state index contributed by atoms with van der Waals surface area (Å²) in [4.78, 5) is 0. The zero-order valence-corrected chi connectivity index (χ0v) is 17.0. The van der Waals surface area contributed by atoms with Gasteiger partial charge in [0.2, 0.25) is 0 Å². The van der Waals surface area contributed by atoms with Gasteiger partial charge in [-0.15, -0.1) is 0 Å². The van der Waals surface area contributed by atoms with Crippen LogP contribution in [0.3, 0.4) is 0 Å². The molecule has 0 saturated carbocycles. The normalized spacial score (nSPS) is 29.7. The highest BCUT2D eigenvalue weighted by atomic mass is 16.7. The molecule has 1 saturated heterocycles. The SMILES string of the molecule is CC(C)=CCC/C(C)=C/CC/C(C)=C/COC1O[C@H](CO)[C@@H](O)[C@H](O)[C@H]1O. The Hall–Kier alpha value is -1.02. The van der Waals surface area contributed by atoms with Crippen LogP contribution >= 0.6 is 0 Å². The molecule has 27 heavy (non-hydrogen) atoms. The first-order valence-corrected chi connectivity index (χ1v) is 9.63. The Labute approximate surface area is 162 Å². The summed E-state index contributed by atoms with van der Waals surface area (Å²) in [6.07, 6.45) is 4.28. The minimum Gasteiger partial charge on any atom is -0.394 e. The first-order valence-electron chi connectivity index (χ1n) is 9.63. The van der Waals surface area contributed by atoms with Crippen LogP contribution in [0.5, 0.6) is 0 Å². The van der Waals surface area contributed by atoms with Crippen LogP contribution in [0.1, 0.15) is 53.4 Å². The van der Waals surface area contributed by atoms with Crippen molar-refractivity contribution in [3.8, 4) is 0 Å². The molecule has 0 amide bonds. The van der Waals surface area contributed by atoms with Crippen molar-refractivity contribution in [3.63, 3.8) is 0 Å². The maximum Gasteiger partial charge on any atom is 0.187 e. The van der Waals surface area contributed by atoms with E-state index in [-0.39, 0.29) is 6.61 Å². The zero-order chi connectivity index (χ0) is 20.4. The van der Waals surface area contributed by atoms with E-state index < -0.39 is 37.3 Å². The minimum absolute atomic E-state index is 0.220. The van der Waals surface area contributed by atoms with E-state index in [4.69, 9.17) is 14.6 Å². The average molecular weight is 385 g/mol. The van der Waals surface area contributed by atoms with Crippen LogP contribution in [0.25, 0.3) is 0 Å². The van der Waals surface area contributed by atoms with Crippen LogP contribution in [-0.2, 0) is 9.47 Å². The lowest BCUT2D eigenvalue weighted by atomic mass is 9.99. The van der Waals surface area contributed by atoms with Gasteiger partial charge in [-0.05, 0) is 53.4 Å². The average Bonchev–Trinajstić information content (AvgIpc) is 2.61. The number of aliphatic hydroxyl groups excluding tert-OH is 4. The van der Waals surface area contributed by atoms with Crippen LogP contribution in [-0.4, -0.2) is 64.3 Å². The second kappa shape index (κ2) is 12.4. The molecule has 1 aliphatic rings. The lowest BCUT2D eigenvalue weighted by Gasteiger charge is -2.39. The molecule has 1 heterocycles. The summed E-state index contributed by atoms with van der Waals surface area (Å²) in [6.45, 7) is 8.15. The largest absolute Gasteiger partial charge is 0.394 e. The van der Waals surface area contributed by atoms with E-state index in [1.54, 1.807) is 0 Å². The molecule has 0 aromatic heterocycles. The molecule has 0 aromatic rings. The molecule has 1 aliphatic heterocycles. The van der Waals surface area contributed by atoms with Gasteiger partial charge in [-0.2, -0.15) is 0 Å². The van der Waals surface area contributed by atoms with E-state index in [9.17, 15) is 15.3 Å². The molecular formula is C21H36O6. The third-order valence-corrected chi connectivity index (χ3v) is 4.66. The summed E-state index contributed by atoms with van der Waals surface area (Å²) >= 11 is 0. The van der Waals surface area contributed by atoms with E-state index in [2.05, 4.69) is 32.9 Å². The molecule has 4 N–H and O–H groups in total. The second-order valence-corrected chi connectivity index (χ2v) is 7.49. The van der Waals surface area contributed by atoms with Crippen molar-refractivity contribution < 1.29 is 29.9 Å². The van der Waals surface area contributed by atoms with Crippen molar-refractivity contribution in [1.82, 2.24) is 0 Å². The van der Waals surface area contributed by atoms with Gasteiger partial charge in [0.15, 0.2) is 6.29 Å². The quantitative estimate of drug-likeness (QED) is 0.431. The summed E-state index contributed by atoms with van der Waals surface area (Å²) in [6, 6.07) is 0. The van der Waals surface area contributed by atoms with E-state index in [1.807, 2.05) is 13.0 Å². The molecule has 1 unspecified atom stereocenters. The number of rotatable bonds is 10. The predicted molar refractivity (Wildman–Crippen MR) is 105 cm³/mol. The van der Waals surface area contributed by atoms with Gasteiger partial charge in [0, 0.05) is 0 Å². The summed E-state index contributed by atoms with van der Waals surface area (Å²) in [5, 5.41) is 38.6. The van der Waals surface area contributed by atoms with Crippen molar-refractivity contribution in [3.05, 3.63) is 34.9 Å². The van der Waals surface area contributed by atoms with Crippen molar-refractivity contribution in [2.45, 2.75) is 84.1 Å². The fourth-order valence-corrected chi connectivity index (χ4v) is 2.83. The number of hydrogen-bond donors (Lipinski definition) is 4. The molecular weight excluding hydrogens is 348 g/mol. The Morgan fingerprint density at radius 3 is 2.04 bits per heavy atom. The molecule has 0 bridgehead atoms. The summed E-state index contributed by atoms with van der Waals surface area (Å²) in [7, 11) is 0. The molecule has 156 valence electrons. The van der Waals surface area contributed by atoms with Gasteiger partial charge in [-0.3, -0.25) is 0 Å². The summed E-state index contributed by atoms with van der Waals surface area (Å²) in [5.41, 5.74) is 3.90. The van der Waals surface area contributed by atoms with Crippen LogP contribution in [0.15, 0.2) is 34.9 Å². The maximum atomic E-state index is 9.92. The predicted octanol–water partition coefficient (Wildman–Crippen LogP) is 2.22. The van der Waals surface area contributed by atoms with Gasteiger partial charge < -0.3 is 29.9 Å². The van der Waals surface area contributed by atoms with Gasteiger partial charge in [0.1, 0.15) is 24.4 Å². The van der Waals surface area contributed by atoms with E-state index in [1.165, 1.54) is 11.1 Å². The minimum atomic E-state index is -1.41. The van der Waals surface area contributed by atoms with Crippen LogP contribution in [0.4, 0.5) is 0 Å². The molecule has 0 aliphatic carbocycles. The smallest absolute Gasteiger partial charge is 0.187 e. The fraction of sp³-hybridized carbons (Fsp3) is 0.714. The summed E-state index contributed by atoms with van der Waals surface area (Å²) < 4.78 is 10.8. The number of ether oxygens (including phenoxy) is 2. The van der Waals surface area contributed by atoms with Crippen molar-refractivity contribution in [2.75, 3.05) is 13.2 Å². The third kappa shape index (κ3) is 8.68. The van der Waals surface area contributed by atoms with Crippen LogP contribution < -0.4 is 0 Å². The Morgan fingerprint density at radius 1 is 0.852 bits per heavy atom. The van der Waals surface area contributed by atoms with Gasteiger partial charge in [0.25, 0.3) is 0 Å². The Morgan fingerprint density at radius 2 is 1.44 bits per heavy atom. The zero-order valence-electron chi connectivity index (χ0n) is 17.0. The van der Waals surface area contributed by atoms with Gasteiger partial charge in [-0.1, -0.05) is 34.9 Å². The summed E-state index contributed by atoms with van der Waals surface area (Å²) in [5.74, 6) is 0. The van der Waals surface area contributed by atoms with Crippen LogP contribution in [0.2, 0.25) is 0 Å². The van der Waals surface area contributed by atoms with Crippen molar-refractivity contribution in [1.29, 1.82) is 0 Å². The van der Waals surface area contributed by atoms with Crippen LogP contribution in [0, 0.1) is 0 Å². The first-order chi connectivity index (χ1) is 12.8. The van der Waals surface area contributed by atoms with Gasteiger partial charge >= 0.3 is 0 Å². The molecule has 1 fully saturated rings. The number of aliphatic hydroxyl groups is 4. The number of allylic oxidation sites excluding steroid dienone is 5. The van der Waals surface area contributed by atoms with E-state index in [0.717, 1.165) is 31.3 Å². The molecule has 5 atom stereocenters. The molecule has 0 spiro atoms. The first kappa shape index (κ1) is 24.0. The Kier molecular flexibility index (Phi) is 11.1. The number of hydrogen-bond acceptors (Lipinski definition) is 6. The van der Waals surface area contributed by atoms with E-state index >= 15 is 0 Å². The lowest BCUT2D eigenvalue weighted by Crippen LogP contribution is -2.59. The second-order valence-electron chi connectivity index (χ2n) is 7.49. The van der Waals surface area contributed by atoms with E-state index in [0.29, 0.717) is 0 Å². The molecule has 1 rings (SSSR count). The topological polar surface area (TPSA) is 99.4 Å². The van der Waals surface area contributed by atoms with Crippen molar-refractivity contribution in [2.24, 2.45) is 0 Å². The van der Waals surface area contributed by atoms with Gasteiger partial charge in [-0.25, -0.2) is 0 Å². The highest BCUT2D eigenvalue weighted by Gasteiger charge is 2.43. The fourth-order valence-electron chi connectivity index (χ4n) is 2.83. The highest BCUT2D eigenvalue weighted by Crippen LogP contribution is 2.22. The molecule has 6 nitrogen and oxygen atoms in total. The standard InChI is InChI=1S/C21H36O6/c1-14(2)7-5-8-15(3)9-6-10-16(4)11-12-26-21-20(25)19(24)18(23)17(13-22)27-21/h7,9,11,17-25H,5-6,8,10,12-13H2,1-4H3/b15-9+,16-11+/t17-,18-,19+,20-,21?/m1/s1. The maximum absolute atomic E-state index is 9.92. The Balaban J connectivity index is 2.36. The molecule has 0 aromatic carbocycles. The monoisotopic (exact) mass is 384 g/mol. The molecule has 0 radical (unpaired) electrons. The third-order valence-electron chi connectivity index (χ3n) is 4.66. The Bertz CT molecular complexity index is 519. The van der Waals surface area contributed by atoms with Crippen molar-refractivity contribution >= 4 is 0 Å².